The molecule has 21 heavy (non-hydrogen) atoms. The molecular weight excluding hydrogens is 276 g/mol. The molecule has 0 spiro atoms. The number of aromatic nitrogens is 1. The van der Waals surface area contributed by atoms with Crippen molar-refractivity contribution in [3.63, 3.8) is 0 Å². The largest absolute Gasteiger partial charge is 0.316 e. The molecule has 3 saturated carbocycles. The molecule has 3 aliphatic rings. The monoisotopic (exact) mass is 298 g/mol. The van der Waals surface area contributed by atoms with Gasteiger partial charge in [-0.15, -0.1) is 11.3 Å². The first-order valence-corrected chi connectivity index (χ1v) is 9.18. The number of rotatable bonds is 4. The summed E-state index contributed by atoms with van der Waals surface area (Å²) in [5, 5.41) is 4.93. The summed E-state index contributed by atoms with van der Waals surface area (Å²) >= 11 is 1.88. The van der Waals surface area contributed by atoms with Crippen LogP contribution >= 0.6 is 11.3 Å². The molecule has 3 aliphatic carbocycles. The predicted molar refractivity (Wildman–Crippen MR) is 87.5 cm³/mol. The first-order valence-electron chi connectivity index (χ1n) is 8.37. The molecule has 1 N–H and O–H groups in total. The average Bonchev–Trinajstić information content (AvgIpc) is 2.86. The van der Waals surface area contributed by atoms with Crippen LogP contribution in [-0.2, 0) is 6.42 Å². The molecule has 1 aromatic carbocycles. The molecule has 2 bridgehead atoms. The molecule has 3 fully saturated rings. The van der Waals surface area contributed by atoms with Crippen LogP contribution < -0.4 is 5.32 Å². The molecule has 0 saturated heterocycles. The van der Waals surface area contributed by atoms with Gasteiger partial charge in [0, 0.05) is 12.5 Å². The fourth-order valence-electron chi connectivity index (χ4n) is 5.56. The van der Waals surface area contributed by atoms with Crippen molar-refractivity contribution in [2.45, 2.75) is 31.7 Å². The summed E-state index contributed by atoms with van der Waals surface area (Å²) in [5.74, 6) is 5.17. The van der Waals surface area contributed by atoms with Crippen LogP contribution in [0.2, 0.25) is 0 Å². The molecule has 5 rings (SSSR count). The van der Waals surface area contributed by atoms with Crippen molar-refractivity contribution in [1.82, 2.24) is 10.3 Å². The Morgan fingerprint density at radius 1 is 1.24 bits per heavy atom. The molecule has 5 atom stereocenters. The van der Waals surface area contributed by atoms with Crippen LogP contribution in [0.3, 0.4) is 0 Å². The summed E-state index contributed by atoms with van der Waals surface area (Å²) in [5.41, 5.74) is 1.17. The standard InChI is InChI=1S/C18H22N2S/c1-19-13(18-16-10-6-7-11(8-10)17(16)18)9-15-20-12-4-2-3-5-14(12)21-15/h2-5,10-11,13,16-19H,6-9H2,1H3. The second-order valence-electron chi connectivity index (χ2n) is 7.24. The second kappa shape index (κ2) is 4.53. The zero-order chi connectivity index (χ0) is 14.0. The lowest BCUT2D eigenvalue weighted by atomic mass is 9.96. The topological polar surface area (TPSA) is 24.9 Å². The van der Waals surface area contributed by atoms with Crippen molar-refractivity contribution >= 4 is 21.6 Å². The van der Waals surface area contributed by atoms with E-state index in [4.69, 9.17) is 4.98 Å². The molecule has 2 aromatic rings. The number of fused-ring (bicyclic) bond motifs is 6. The van der Waals surface area contributed by atoms with E-state index in [1.54, 1.807) is 6.42 Å². The predicted octanol–water partition coefficient (Wildman–Crippen LogP) is 3.72. The smallest absolute Gasteiger partial charge is 0.0954 e. The first kappa shape index (κ1) is 12.6. The van der Waals surface area contributed by atoms with Crippen LogP contribution in [-0.4, -0.2) is 18.1 Å². The van der Waals surface area contributed by atoms with Gasteiger partial charge >= 0.3 is 0 Å². The van der Waals surface area contributed by atoms with Crippen molar-refractivity contribution in [3.05, 3.63) is 29.3 Å². The van der Waals surface area contributed by atoms with Crippen molar-refractivity contribution in [1.29, 1.82) is 0 Å². The number of nitrogens with one attached hydrogen (secondary N) is 1. The zero-order valence-corrected chi connectivity index (χ0v) is 13.3. The van der Waals surface area contributed by atoms with E-state index in [9.17, 15) is 0 Å². The van der Waals surface area contributed by atoms with Gasteiger partial charge in [0.2, 0.25) is 0 Å². The minimum absolute atomic E-state index is 0.643. The highest BCUT2D eigenvalue weighted by atomic mass is 32.1. The Hall–Kier alpha value is -0.930. The summed E-state index contributed by atoms with van der Waals surface area (Å²) < 4.78 is 1.33. The quantitative estimate of drug-likeness (QED) is 0.930. The number of hydrogen-bond donors (Lipinski definition) is 1. The number of hydrogen-bond acceptors (Lipinski definition) is 3. The first-order chi connectivity index (χ1) is 10.3. The minimum Gasteiger partial charge on any atom is -0.316 e. The maximum atomic E-state index is 4.84. The maximum Gasteiger partial charge on any atom is 0.0954 e. The number of thiazole rings is 1. The van der Waals surface area contributed by atoms with Crippen molar-refractivity contribution in [2.24, 2.45) is 29.6 Å². The van der Waals surface area contributed by atoms with Crippen LogP contribution in [0.15, 0.2) is 24.3 Å². The molecule has 5 unspecified atom stereocenters. The van der Waals surface area contributed by atoms with Gasteiger partial charge in [-0.3, -0.25) is 0 Å². The molecule has 1 aromatic heterocycles. The van der Waals surface area contributed by atoms with Crippen LogP contribution in [0.1, 0.15) is 24.3 Å². The Morgan fingerprint density at radius 2 is 2.00 bits per heavy atom. The summed E-state index contributed by atoms with van der Waals surface area (Å²) in [6.07, 6.45) is 5.69. The summed E-state index contributed by atoms with van der Waals surface area (Å²) in [7, 11) is 2.15. The third-order valence-corrected chi connectivity index (χ3v) is 7.42. The molecule has 3 heteroatoms. The van der Waals surface area contributed by atoms with E-state index in [1.165, 1.54) is 28.1 Å². The lowest BCUT2D eigenvalue weighted by Gasteiger charge is -2.18. The Bertz CT molecular complexity index is 630. The summed E-state index contributed by atoms with van der Waals surface area (Å²) in [4.78, 5) is 4.84. The molecule has 110 valence electrons. The Balaban J connectivity index is 1.37. The molecule has 0 amide bonds. The van der Waals surface area contributed by atoms with Gasteiger partial charge in [0.25, 0.3) is 0 Å². The number of para-hydroxylation sites is 1. The summed E-state index contributed by atoms with van der Waals surface area (Å²) in [6.45, 7) is 0. The van der Waals surface area contributed by atoms with Gasteiger partial charge in [-0.2, -0.15) is 0 Å². The third kappa shape index (κ3) is 1.83. The second-order valence-corrected chi connectivity index (χ2v) is 8.36. The van der Waals surface area contributed by atoms with Gasteiger partial charge in [0.1, 0.15) is 0 Å². The highest BCUT2D eigenvalue weighted by Gasteiger charge is 2.66. The van der Waals surface area contributed by atoms with Gasteiger partial charge in [-0.25, -0.2) is 4.98 Å². The van der Waals surface area contributed by atoms with Gasteiger partial charge in [-0.05, 0) is 68.0 Å². The molecule has 0 radical (unpaired) electrons. The third-order valence-electron chi connectivity index (χ3n) is 6.36. The SMILES string of the molecule is CNC(Cc1nc2ccccc2s1)C1C2C3CCC(C3)C21. The zero-order valence-electron chi connectivity index (χ0n) is 12.5. The van der Waals surface area contributed by atoms with E-state index in [1.807, 2.05) is 11.3 Å². The van der Waals surface area contributed by atoms with E-state index in [2.05, 4.69) is 36.6 Å². The Morgan fingerprint density at radius 3 is 2.71 bits per heavy atom. The van der Waals surface area contributed by atoms with E-state index in [0.29, 0.717) is 6.04 Å². The average molecular weight is 298 g/mol. The van der Waals surface area contributed by atoms with Crippen LogP contribution in [0.25, 0.3) is 10.2 Å². The molecule has 0 aliphatic heterocycles. The number of benzene rings is 1. The fourth-order valence-corrected chi connectivity index (χ4v) is 6.58. The van der Waals surface area contributed by atoms with E-state index in [0.717, 1.165) is 36.0 Å². The molecule has 1 heterocycles. The van der Waals surface area contributed by atoms with Crippen molar-refractivity contribution in [3.8, 4) is 0 Å². The summed E-state index contributed by atoms with van der Waals surface area (Å²) in [6, 6.07) is 9.17. The molecule has 2 nitrogen and oxygen atoms in total. The van der Waals surface area contributed by atoms with Crippen LogP contribution in [0.4, 0.5) is 0 Å². The minimum atomic E-state index is 0.643. The highest BCUT2D eigenvalue weighted by Crippen LogP contribution is 2.70. The van der Waals surface area contributed by atoms with E-state index < -0.39 is 0 Å². The normalized spacial score (nSPS) is 37.9. The van der Waals surface area contributed by atoms with Gasteiger partial charge < -0.3 is 5.32 Å². The Labute approximate surface area is 130 Å². The van der Waals surface area contributed by atoms with Gasteiger partial charge in [0.15, 0.2) is 0 Å². The number of likely N-dealkylation sites (N-methyl/N-ethyl adjacent to an activating group) is 1. The molecular formula is C18H22N2S. The van der Waals surface area contributed by atoms with Crippen LogP contribution in [0, 0.1) is 29.6 Å². The highest BCUT2D eigenvalue weighted by molar-refractivity contribution is 7.18. The Kier molecular flexibility index (Phi) is 2.72. The maximum absolute atomic E-state index is 4.84. The van der Waals surface area contributed by atoms with Gasteiger partial charge in [-0.1, -0.05) is 12.1 Å². The van der Waals surface area contributed by atoms with Crippen molar-refractivity contribution in [2.75, 3.05) is 7.05 Å². The fraction of sp³-hybridized carbons (Fsp3) is 0.611. The van der Waals surface area contributed by atoms with Gasteiger partial charge in [0.05, 0.1) is 15.2 Å². The lowest BCUT2D eigenvalue weighted by molar-refractivity contribution is 0.376. The lowest BCUT2D eigenvalue weighted by Crippen LogP contribution is -2.32. The number of nitrogens with zero attached hydrogens (tertiary/aromatic N) is 1. The van der Waals surface area contributed by atoms with Crippen molar-refractivity contribution < 1.29 is 0 Å². The van der Waals surface area contributed by atoms with E-state index in [-0.39, 0.29) is 0 Å². The van der Waals surface area contributed by atoms with Crippen LogP contribution in [0.5, 0.6) is 0 Å². The van der Waals surface area contributed by atoms with E-state index >= 15 is 0 Å².